The van der Waals surface area contributed by atoms with E-state index in [9.17, 15) is 0 Å². The smallest absolute Gasteiger partial charge is 0.0455 e. The average molecular weight is 245 g/mol. The van der Waals surface area contributed by atoms with Crippen molar-refractivity contribution in [1.82, 2.24) is 5.43 Å². The lowest BCUT2D eigenvalue weighted by atomic mass is 10.0. The molecule has 0 saturated heterocycles. The molecule has 0 fully saturated rings. The van der Waals surface area contributed by atoms with Gasteiger partial charge in [-0.15, -0.1) is 0 Å². The number of hydrogen-bond acceptors (Lipinski definition) is 2. The van der Waals surface area contributed by atoms with Crippen molar-refractivity contribution in [1.29, 1.82) is 0 Å². The predicted octanol–water partition coefficient (Wildman–Crippen LogP) is 2.94. The van der Waals surface area contributed by atoms with Crippen LogP contribution in [-0.2, 0) is 6.42 Å². The third-order valence-corrected chi connectivity index (χ3v) is 2.82. The molecule has 0 bridgehead atoms. The van der Waals surface area contributed by atoms with Gasteiger partial charge in [0.15, 0.2) is 0 Å². The lowest BCUT2D eigenvalue weighted by molar-refractivity contribution is 0.591. The minimum absolute atomic E-state index is 0.0312. The quantitative estimate of drug-likeness (QED) is 0.486. The van der Waals surface area contributed by atoms with E-state index in [0.29, 0.717) is 16.5 Å². The molecule has 3 N–H and O–H groups in total. The number of hydrazine groups is 1. The van der Waals surface area contributed by atoms with Gasteiger partial charge < -0.3 is 0 Å². The van der Waals surface area contributed by atoms with E-state index in [1.54, 1.807) is 6.07 Å². The SMILES string of the molecule is C=C(C)C(Cc1ccc(Cl)cc1Cl)NN. The Morgan fingerprint density at radius 3 is 2.67 bits per heavy atom. The van der Waals surface area contributed by atoms with Crippen LogP contribution >= 0.6 is 23.2 Å². The van der Waals surface area contributed by atoms with Gasteiger partial charge in [0.05, 0.1) is 0 Å². The summed E-state index contributed by atoms with van der Waals surface area (Å²) in [5, 5.41) is 1.29. The normalized spacial score (nSPS) is 12.5. The summed E-state index contributed by atoms with van der Waals surface area (Å²) >= 11 is 11.9. The largest absolute Gasteiger partial charge is 0.271 e. The molecule has 0 aromatic heterocycles. The predicted molar refractivity (Wildman–Crippen MR) is 66.1 cm³/mol. The molecule has 0 heterocycles. The molecule has 2 nitrogen and oxygen atoms in total. The lowest BCUT2D eigenvalue weighted by Gasteiger charge is -2.16. The van der Waals surface area contributed by atoms with E-state index in [0.717, 1.165) is 11.1 Å². The van der Waals surface area contributed by atoms with Gasteiger partial charge in [0.25, 0.3) is 0 Å². The molecule has 0 amide bonds. The monoisotopic (exact) mass is 244 g/mol. The van der Waals surface area contributed by atoms with Gasteiger partial charge in [-0.2, -0.15) is 0 Å². The van der Waals surface area contributed by atoms with E-state index >= 15 is 0 Å². The van der Waals surface area contributed by atoms with E-state index < -0.39 is 0 Å². The van der Waals surface area contributed by atoms with Crippen LogP contribution in [0.4, 0.5) is 0 Å². The molecule has 0 radical (unpaired) electrons. The zero-order chi connectivity index (χ0) is 11.4. The van der Waals surface area contributed by atoms with Crippen molar-refractivity contribution in [3.63, 3.8) is 0 Å². The molecule has 4 heteroatoms. The van der Waals surface area contributed by atoms with Gasteiger partial charge in [-0.1, -0.05) is 41.4 Å². The molecule has 0 aliphatic heterocycles. The molecule has 0 aliphatic carbocycles. The first-order valence-electron chi connectivity index (χ1n) is 4.60. The second-order valence-electron chi connectivity index (χ2n) is 3.51. The van der Waals surface area contributed by atoms with Crippen LogP contribution in [0, 0.1) is 0 Å². The van der Waals surface area contributed by atoms with Crippen molar-refractivity contribution in [3.05, 3.63) is 46.0 Å². The summed E-state index contributed by atoms with van der Waals surface area (Å²) in [7, 11) is 0. The fourth-order valence-electron chi connectivity index (χ4n) is 1.28. The fraction of sp³-hybridized carbons (Fsp3) is 0.273. The summed E-state index contributed by atoms with van der Waals surface area (Å²) in [5.41, 5.74) is 4.68. The third kappa shape index (κ3) is 3.50. The minimum Gasteiger partial charge on any atom is -0.271 e. The zero-order valence-corrected chi connectivity index (χ0v) is 10.1. The van der Waals surface area contributed by atoms with Crippen molar-refractivity contribution >= 4 is 23.2 Å². The molecular formula is C11H14Cl2N2. The summed E-state index contributed by atoms with van der Waals surface area (Å²) in [6.45, 7) is 5.78. The molecule has 0 spiro atoms. The van der Waals surface area contributed by atoms with Crippen molar-refractivity contribution in [2.24, 2.45) is 5.84 Å². The molecular weight excluding hydrogens is 231 g/mol. The maximum atomic E-state index is 6.05. The van der Waals surface area contributed by atoms with Crippen LogP contribution in [-0.4, -0.2) is 6.04 Å². The van der Waals surface area contributed by atoms with Crippen molar-refractivity contribution < 1.29 is 0 Å². The highest BCUT2D eigenvalue weighted by molar-refractivity contribution is 6.35. The van der Waals surface area contributed by atoms with Gasteiger partial charge >= 0.3 is 0 Å². The Kier molecular flexibility index (Phi) is 4.61. The van der Waals surface area contributed by atoms with E-state index in [1.807, 2.05) is 19.1 Å². The Hall–Kier alpha value is -0.540. The van der Waals surface area contributed by atoms with Crippen molar-refractivity contribution in [2.45, 2.75) is 19.4 Å². The van der Waals surface area contributed by atoms with Crippen molar-refractivity contribution in [3.8, 4) is 0 Å². The van der Waals surface area contributed by atoms with Crippen LogP contribution in [0.2, 0.25) is 10.0 Å². The minimum atomic E-state index is 0.0312. The van der Waals surface area contributed by atoms with Gasteiger partial charge in [-0.25, -0.2) is 0 Å². The van der Waals surface area contributed by atoms with Gasteiger partial charge in [-0.05, 0) is 31.0 Å². The summed E-state index contributed by atoms with van der Waals surface area (Å²) in [6.07, 6.45) is 0.710. The van der Waals surface area contributed by atoms with E-state index in [1.165, 1.54) is 0 Å². The average Bonchev–Trinajstić information content (AvgIpc) is 2.16. The van der Waals surface area contributed by atoms with E-state index in [4.69, 9.17) is 29.0 Å². The Morgan fingerprint density at radius 2 is 2.20 bits per heavy atom. The second-order valence-corrected chi connectivity index (χ2v) is 4.35. The van der Waals surface area contributed by atoms with Gasteiger partial charge in [0.2, 0.25) is 0 Å². The third-order valence-electron chi connectivity index (χ3n) is 2.24. The van der Waals surface area contributed by atoms with Crippen LogP contribution in [0.1, 0.15) is 12.5 Å². The highest BCUT2D eigenvalue weighted by atomic mass is 35.5. The molecule has 82 valence electrons. The molecule has 1 aromatic carbocycles. The molecule has 15 heavy (non-hydrogen) atoms. The lowest BCUT2D eigenvalue weighted by Crippen LogP contribution is -2.37. The summed E-state index contributed by atoms with van der Waals surface area (Å²) in [6, 6.07) is 5.47. The Morgan fingerprint density at radius 1 is 1.53 bits per heavy atom. The summed E-state index contributed by atoms with van der Waals surface area (Å²) in [5.74, 6) is 5.42. The number of halogens is 2. The van der Waals surface area contributed by atoms with Gasteiger partial charge in [0, 0.05) is 16.1 Å². The fourth-order valence-corrected chi connectivity index (χ4v) is 1.77. The first-order chi connectivity index (χ1) is 7.04. The second kappa shape index (κ2) is 5.52. The molecule has 0 aliphatic rings. The van der Waals surface area contributed by atoms with E-state index in [2.05, 4.69) is 12.0 Å². The first kappa shape index (κ1) is 12.5. The Bertz CT molecular complexity index is 364. The van der Waals surface area contributed by atoms with E-state index in [-0.39, 0.29) is 6.04 Å². The van der Waals surface area contributed by atoms with Crippen LogP contribution in [0.15, 0.2) is 30.4 Å². The summed E-state index contributed by atoms with van der Waals surface area (Å²) in [4.78, 5) is 0. The first-order valence-corrected chi connectivity index (χ1v) is 5.35. The van der Waals surface area contributed by atoms with Crippen LogP contribution in [0.3, 0.4) is 0 Å². The van der Waals surface area contributed by atoms with Crippen LogP contribution in [0.5, 0.6) is 0 Å². The van der Waals surface area contributed by atoms with Crippen LogP contribution in [0.25, 0.3) is 0 Å². The topological polar surface area (TPSA) is 38.0 Å². The summed E-state index contributed by atoms with van der Waals surface area (Å²) < 4.78 is 0. The van der Waals surface area contributed by atoms with Crippen molar-refractivity contribution in [2.75, 3.05) is 0 Å². The number of rotatable bonds is 4. The number of benzene rings is 1. The highest BCUT2D eigenvalue weighted by Crippen LogP contribution is 2.22. The molecule has 1 atom stereocenters. The Labute approximate surface area is 100 Å². The number of nitrogens with two attached hydrogens (primary N) is 1. The molecule has 1 aromatic rings. The van der Waals surface area contributed by atoms with Gasteiger partial charge in [0.1, 0.15) is 0 Å². The Balaban J connectivity index is 2.84. The number of hydrogen-bond donors (Lipinski definition) is 2. The standard InChI is InChI=1S/C11H14Cl2N2/c1-7(2)11(15-14)5-8-3-4-9(12)6-10(8)13/h3-4,6,11,15H,1,5,14H2,2H3. The maximum Gasteiger partial charge on any atom is 0.0455 e. The number of nitrogens with one attached hydrogen (secondary N) is 1. The zero-order valence-electron chi connectivity index (χ0n) is 8.56. The van der Waals surface area contributed by atoms with Gasteiger partial charge in [-0.3, -0.25) is 11.3 Å². The molecule has 1 unspecified atom stereocenters. The molecule has 1 rings (SSSR count). The highest BCUT2D eigenvalue weighted by Gasteiger charge is 2.10. The van der Waals surface area contributed by atoms with Crippen LogP contribution < -0.4 is 11.3 Å². The maximum absolute atomic E-state index is 6.05. The molecule has 0 saturated carbocycles.